The van der Waals surface area contributed by atoms with E-state index in [1.165, 1.54) is 15.9 Å². The van der Waals surface area contributed by atoms with Crippen molar-refractivity contribution in [2.75, 3.05) is 0 Å². The number of benzene rings is 2. The molecule has 106 valence electrons. The van der Waals surface area contributed by atoms with Crippen LogP contribution in [-0.2, 0) is 6.04 Å². The second kappa shape index (κ2) is 5.88. The van der Waals surface area contributed by atoms with Gasteiger partial charge in [0.2, 0.25) is 0 Å². The predicted molar refractivity (Wildman–Crippen MR) is 96.7 cm³/mol. The van der Waals surface area contributed by atoms with Gasteiger partial charge >= 0.3 is 0 Å². The lowest BCUT2D eigenvalue weighted by Crippen LogP contribution is -2.52. The fourth-order valence-electron chi connectivity index (χ4n) is 2.55. The second-order valence-corrected chi connectivity index (χ2v) is 17.8. The summed E-state index contributed by atoms with van der Waals surface area (Å²) in [4.78, 5) is 0. The molecule has 0 radical (unpaired) electrons. The van der Waals surface area contributed by atoms with Gasteiger partial charge in [-0.05, 0) is 11.6 Å². The van der Waals surface area contributed by atoms with Gasteiger partial charge in [0.25, 0.3) is 0 Å². The van der Waals surface area contributed by atoms with Gasteiger partial charge in [-0.1, -0.05) is 91.2 Å². The molecule has 2 aromatic rings. The summed E-state index contributed by atoms with van der Waals surface area (Å²) in [5.41, 5.74) is 1.37. The van der Waals surface area contributed by atoms with E-state index in [0.29, 0.717) is 0 Å². The molecular weight excluding hydrogens is 296 g/mol. The Bertz CT molecular complexity index is 554. The highest BCUT2D eigenvalue weighted by molar-refractivity contribution is 7.18. The van der Waals surface area contributed by atoms with E-state index in [2.05, 4.69) is 80.8 Å². The highest BCUT2D eigenvalue weighted by Crippen LogP contribution is 2.15. The van der Waals surface area contributed by atoms with Crippen molar-refractivity contribution in [3.63, 3.8) is 0 Å². The Morgan fingerprint density at radius 2 is 1.25 bits per heavy atom. The molecule has 3 heteroatoms. The van der Waals surface area contributed by atoms with Crippen molar-refractivity contribution in [3.8, 4) is 0 Å². The van der Waals surface area contributed by atoms with E-state index in [4.69, 9.17) is 11.1 Å². The van der Waals surface area contributed by atoms with Crippen molar-refractivity contribution >= 4 is 36.9 Å². The van der Waals surface area contributed by atoms with Crippen molar-refractivity contribution in [2.45, 2.75) is 32.2 Å². The van der Waals surface area contributed by atoms with Crippen molar-refractivity contribution in [1.82, 2.24) is 0 Å². The zero-order valence-electron chi connectivity index (χ0n) is 12.8. The summed E-state index contributed by atoms with van der Waals surface area (Å²) in [6, 6.07) is 21.1. The summed E-state index contributed by atoms with van der Waals surface area (Å²) in [5.74, 6) is 0. The lowest BCUT2D eigenvalue weighted by Gasteiger charge is -2.24. The van der Waals surface area contributed by atoms with Gasteiger partial charge in [0.1, 0.15) is 8.07 Å². The van der Waals surface area contributed by atoms with Crippen molar-refractivity contribution < 1.29 is 0 Å². The Labute approximate surface area is 129 Å². The van der Waals surface area contributed by atoms with E-state index < -0.39 is 15.5 Å². The lowest BCUT2D eigenvalue weighted by atomic mass is 10.2. The van der Waals surface area contributed by atoms with Gasteiger partial charge in [-0.3, -0.25) is 0 Å². The largest absolute Gasteiger partial charge is 0.167 e. The van der Waals surface area contributed by atoms with Gasteiger partial charge in [0.05, 0.1) is 0 Å². The van der Waals surface area contributed by atoms with Crippen molar-refractivity contribution in [2.24, 2.45) is 0 Å². The minimum absolute atomic E-state index is 1.04. The lowest BCUT2D eigenvalue weighted by molar-refractivity contribution is 1.35. The Kier molecular flexibility index (Phi) is 4.57. The smallest absolute Gasteiger partial charge is 0.154 e. The van der Waals surface area contributed by atoms with Crippen LogP contribution in [0.3, 0.4) is 0 Å². The number of hydrogen-bond donors (Lipinski definition) is 0. The van der Waals surface area contributed by atoms with Crippen LogP contribution in [-0.4, -0.2) is 15.5 Å². The van der Waals surface area contributed by atoms with E-state index in [1.54, 1.807) is 0 Å². The van der Waals surface area contributed by atoms with Gasteiger partial charge in [-0.25, -0.2) is 0 Å². The molecule has 0 nitrogen and oxygen atoms in total. The maximum Gasteiger partial charge on any atom is 0.154 e. The Balaban J connectivity index is 2.26. The van der Waals surface area contributed by atoms with Crippen LogP contribution in [0.2, 0.25) is 26.2 Å². The molecule has 2 rings (SSSR count). The third kappa shape index (κ3) is 3.84. The van der Waals surface area contributed by atoms with Gasteiger partial charge in [0, 0.05) is 0 Å². The molecule has 0 spiro atoms. The monoisotopic (exact) mass is 318 g/mol. The summed E-state index contributed by atoms with van der Waals surface area (Å²) in [6.07, 6.45) is 0. The summed E-state index contributed by atoms with van der Waals surface area (Å²) < 4.78 is 0. The van der Waals surface area contributed by atoms with Crippen LogP contribution in [0.1, 0.15) is 5.56 Å². The molecule has 0 bridgehead atoms. The molecule has 0 saturated carbocycles. The number of hydrogen-bond acceptors (Lipinski definition) is 0. The normalized spacial score (nSPS) is 12.4. The van der Waals surface area contributed by atoms with Gasteiger partial charge in [0.15, 0.2) is 7.38 Å². The molecule has 0 aliphatic heterocycles. The molecular formula is C17H23ClSi2. The van der Waals surface area contributed by atoms with Crippen LogP contribution < -0.4 is 10.4 Å². The Morgan fingerprint density at radius 1 is 0.750 bits per heavy atom. The average molecular weight is 319 g/mol. The Hall–Kier alpha value is -0.836. The summed E-state index contributed by atoms with van der Waals surface area (Å²) in [5, 5.41) is 2.97. The van der Waals surface area contributed by atoms with Gasteiger partial charge in [-0.15, -0.1) is 0 Å². The first kappa shape index (κ1) is 15.6. The highest BCUT2D eigenvalue weighted by Gasteiger charge is 2.25. The first-order valence-electron chi connectivity index (χ1n) is 7.13. The standard InChI is InChI=1S/C17H23ClSi2/c1-19(2,18)14-15-10-12-17(13-11-15)20(3,4)16-8-6-5-7-9-16/h5-13H,14H2,1-4H3. The van der Waals surface area contributed by atoms with Gasteiger partial charge < -0.3 is 0 Å². The molecule has 0 aromatic heterocycles. The summed E-state index contributed by atoms with van der Waals surface area (Å²) in [7, 11) is -3.10. The average Bonchev–Trinajstić information content (AvgIpc) is 2.38. The third-order valence-corrected chi connectivity index (χ3v) is 9.00. The van der Waals surface area contributed by atoms with Crippen LogP contribution in [0.25, 0.3) is 0 Å². The van der Waals surface area contributed by atoms with E-state index in [9.17, 15) is 0 Å². The molecule has 0 unspecified atom stereocenters. The summed E-state index contributed by atoms with van der Waals surface area (Å²) in [6.45, 7) is 9.23. The summed E-state index contributed by atoms with van der Waals surface area (Å²) >= 11 is 6.44. The number of rotatable bonds is 4. The first-order chi connectivity index (χ1) is 9.29. The molecule has 0 atom stereocenters. The van der Waals surface area contributed by atoms with Crippen molar-refractivity contribution in [3.05, 3.63) is 60.2 Å². The topological polar surface area (TPSA) is 0 Å². The molecule has 0 fully saturated rings. The zero-order valence-corrected chi connectivity index (χ0v) is 15.5. The van der Waals surface area contributed by atoms with E-state index >= 15 is 0 Å². The van der Waals surface area contributed by atoms with Crippen molar-refractivity contribution in [1.29, 1.82) is 0 Å². The molecule has 0 heterocycles. The SMILES string of the molecule is C[Si](C)(Cl)Cc1ccc([Si](C)(C)c2ccccc2)cc1. The molecule has 0 amide bonds. The quantitative estimate of drug-likeness (QED) is 0.589. The van der Waals surface area contributed by atoms with Crippen LogP contribution in [0.4, 0.5) is 0 Å². The second-order valence-electron chi connectivity index (χ2n) is 6.58. The highest BCUT2D eigenvalue weighted by atomic mass is 35.6. The van der Waals surface area contributed by atoms with Crippen LogP contribution in [0, 0.1) is 0 Å². The van der Waals surface area contributed by atoms with E-state index in [-0.39, 0.29) is 0 Å². The molecule has 0 saturated heterocycles. The molecule has 0 aliphatic rings. The molecule has 20 heavy (non-hydrogen) atoms. The number of halogens is 1. The fraction of sp³-hybridized carbons (Fsp3) is 0.294. The van der Waals surface area contributed by atoms with Crippen LogP contribution >= 0.6 is 11.1 Å². The maximum atomic E-state index is 6.44. The van der Waals surface area contributed by atoms with E-state index in [0.717, 1.165) is 6.04 Å². The maximum absolute atomic E-state index is 6.44. The minimum atomic E-state index is -1.56. The van der Waals surface area contributed by atoms with E-state index in [1.807, 2.05) is 0 Å². The minimum Gasteiger partial charge on any atom is -0.167 e. The molecule has 2 aromatic carbocycles. The van der Waals surface area contributed by atoms with Crippen LogP contribution in [0.5, 0.6) is 0 Å². The Morgan fingerprint density at radius 3 is 1.75 bits per heavy atom. The molecule has 0 aliphatic carbocycles. The fourth-order valence-corrected chi connectivity index (χ4v) is 6.57. The third-order valence-electron chi connectivity index (χ3n) is 3.80. The van der Waals surface area contributed by atoms with Crippen LogP contribution in [0.15, 0.2) is 54.6 Å². The zero-order chi connectivity index (χ0) is 14.8. The molecule has 0 N–H and O–H groups in total. The van der Waals surface area contributed by atoms with Gasteiger partial charge in [-0.2, -0.15) is 11.1 Å². The predicted octanol–water partition coefficient (Wildman–Crippen LogP) is 4.03. The first-order valence-corrected chi connectivity index (χ1v) is 14.3.